The van der Waals surface area contributed by atoms with Crippen molar-refractivity contribution in [2.75, 3.05) is 12.4 Å². The van der Waals surface area contributed by atoms with Gasteiger partial charge in [0, 0.05) is 17.7 Å². The largest absolute Gasteiger partial charge is 0.469 e. The molecular formula is C17H23N3O6. The van der Waals surface area contributed by atoms with E-state index in [2.05, 4.69) is 15.5 Å². The average molecular weight is 365 g/mol. The molecule has 1 aromatic rings. The van der Waals surface area contributed by atoms with Crippen molar-refractivity contribution in [3.63, 3.8) is 0 Å². The number of methoxy groups -OCH3 is 1. The highest BCUT2D eigenvalue weighted by molar-refractivity contribution is 5.97. The van der Waals surface area contributed by atoms with Gasteiger partial charge in [-0.1, -0.05) is 0 Å². The number of carbonyl (C=O) groups is 4. The van der Waals surface area contributed by atoms with Crippen LogP contribution in [0.15, 0.2) is 24.3 Å². The summed E-state index contributed by atoms with van der Waals surface area (Å²) >= 11 is 0. The summed E-state index contributed by atoms with van der Waals surface area (Å²) in [6.07, 6.45) is -1.39. The van der Waals surface area contributed by atoms with Crippen LogP contribution in [0.25, 0.3) is 0 Å². The number of esters is 1. The van der Waals surface area contributed by atoms with Crippen molar-refractivity contribution in [2.45, 2.75) is 39.2 Å². The number of hydrogen-bond donors (Lipinski definition) is 3. The van der Waals surface area contributed by atoms with Crippen molar-refractivity contribution in [1.82, 2.24) is 10.4 Å². The van der Waals surface area contributed by atoms with Crippen LogP contribution in [0.1, 0.15) is 44.0 Å². The summed E-state index contributed by atoms with van der Waals surface area (Å²) in [5, 5.41) is 12.5. The molecule has 0 aromatic heterocycles. The molecule has 9 heteroatoms. The van der Waals surface area contributed by atoms with E-state index in [1.807, 2.05) is 0 Å². The molecule has 0 radical (unpaired) electrons. The van der Waals surface area contributed by atoms with Gasteiger partial charge in [0.1, 0.15) is 0 Å². The Morgan fingerprint density at radius 3 is 2.12 bits per heavy atom. The van der Waals surface area contributed by atoms with Gasteiger partial charge in [-0.25, -0.2) is 15.2 Å². The van der Waals surface area contributed by atoms with Gasteiger partial charge in [-0.15, -0.1) is 0 Å². The molecule has 0 fully saturated rings. The van der Waals surface area contributed by atoms with Gasteiger partial charge >= 0.3 is 12.1 Å². The van der Waals surface area contributed by atoms with E-state index in [0.717, 1.165) is 5.01 Å². The van der Waals surface area contributed by atoms with E-state index in [9.17, 15) is 19.2 Å². The fourth-order valence-corrected chi connectivity index (χ4v) is 1.99. The molecule has 9 nitrogen and oxygen atoms in total. The lowest BCUT2D eigenvalue weighted by atomic mass is 10.1. The van der Waals surface area contributed by atoms with Crippen LogP contribution in [0, 0.1) is 0 Å². The number of carbonyl (C=O) groups excluding carboxylic acids is 3. The molecule has 3 amide bonds. The Balaban J connectivity index is 2.79. The first-order valence-corrected chi connectivity index (χ1v) is 7.85. The molecule has 0 saturated heterocycles. The first kappa shape index (κ1) is 20.9. The SMILES string of the molecule is COC(=O)CCC(=O)Nc1ccc(C(=O)N(NC(=O)O)C(C)(C)C)cc1. The molecule has 0 saturated carbocycles. The molecule has 1 rings (SSSR count). The Labute approximate surface area is 151 Å². The van der Waals surface area contributed by atoms with Gasteiger partial charge < -0.3 is 15.2 Å². The van der Waals surface area contributed by atoms with Crippen molar-refractivity contribution < 1.29 is 29.0 Å². The number of anilines is 1. The third-order valence-electron chi connectivity index (χ3n) is 3.28. The number of nitrogens with one attached hydrogen (secondary N) is 2. The Morgan fingerprint density at radius 1 is 1.08 bits per heavy atom. The lowest BCUT2D eigenvalue weighted by Gasteiger charge is -2.34. The standard InChI is InChI=1S/C17H23N3O6/c1-17(2,3)20(19-16(24)25)15(23)11-5-7-12(8-6-11)18-13(21)9-10-14(22)26-4/h5-8,19H,9-10H2,1-4H3,(H,18,21)(H,24,25). The summed E-state index contributed by atoms with van der Waals surface area (Å²) in [7, 11) is 1.25. The van der Waals surface area contributed by atoms with Crippen LogP contribution in [0.2, 0.25) is 0 Å². The number of hydrogen-bond acceptors (Lipinski definition) is 5. The molecule has 26 heavy (non-hydrogen) atoms. The molecule has 0 heterocycles. The van der Waals surface area contributed by atoms with Gasteiger partial charge in [0.05, 0.1) is 19.1 Å². The lowest BCUT2D eigenvalue weighted by Crippen LogP contribution is -2.55. The predicted octanol–water partition coefficient (Wildman–Crippen LogP) is 2.00. The Kier molecular flexibility index (Phi) is 7.12. The van der Waals surface area contributed by atoms with Crippen LogP contribution in [0.4, 0.5) is 10.5 Å². The van der Waals surface area contributed by atoms with Crippen molar-refractivity contribution in [3.05, 3.63) is 29.8 Å². The average Bonchev–Trinajstić information content (AvgIpc) is 2.56. The summed E-state index contributed by atoms with van der Waals surface area (Å²) in [6, 6.07) is 5.98. The fourth-order valence-electron chi connectivity index (χ4n) is 1.99. The van der Waals surface area contributed by atoms with Crippen LogP contribution < -0.4 is 10.7 Å². The summed E-state index contributed by atoms with van der Waals surface area (Å²) in [6.45, 7) is 5.07. The highest BCUT2D eigenvalue weighted by Gasteiger charge is 2.29. The summed E-state index contributed by atoms with van der Waals surface area (Å²) in [5.41, 5.74) is 2.02. The topological polar surface area (TPSA) is 125 Å². The molecule has 0 unspecified atom stereocenters. The first-order valence-electron chi connectivity index (χ1n) is 7.85. The number of rotatable bonds is 5. The highest BCUT2D eigenvalue weighted by atomic mass is 16.5. The van der Waals surface area contributed by atoms with Crippen molar-refractivity contribution >= 4 is 29.6 Å². The maximum absolute atomic E-state index is 12.5. The zero-order valence-electron chi connectivity index (χ0n) is 15.2. The Hall–Kier alpha value is -3.10. The molecule has 0 aliphatic rings. The summed E-state index contributed by atoms with van der Waals surface area (Å²) in [4.78, 5) is 46.2. The molecule has 0 atom stereocenters. The second-order valence-electron chi connectivity index (χ2n) is 6.43. The summed E-state index contributed by atoms with van der Waals surface area (Å²) in [5.74, 6) is -1.36. The number of amides is 3. The van der Waals surface area contributed by atoms with E-state index in [0.29, 0.717) is 5.69 Å². The van der Waals surface area contributed by atoms with Gasteiger partial charge in [-0.3, -0.25) is 14.4 Å². The van der Waals surface area contributed by atoms with E-state index in [4.69, 9.17) is 5.11 Å². The van der Waals surface area contributed by atoms with Gasteiger partial charge in [0.15, 0.2) is 0 Å². The fraction of sp³-hybridized carbons (Fsp3) is 0.412. The maximum Gasteiger partial charge on any atom is 0.423 e. The van der Waals surface area contributed by atoms with Crippen LogP contribution in [-0.2, 0) is 14.3 Å². The number of nitrogens with zero attached hydrogens (tertiary/aromatic N) is 1. The van der Waals surface area contributed by atoms with Crippen LogP contribution in [-0.4, -0.2) is 46.6 Å². The Bertz CT molecular complexity index is 679. The molecule has 3 N–H and O–H groups in total. The zero-order chi connectivity index (χ0) is 19.9. The van der Waals surface area contributed by atoms with E-state index in [1.54, 1.807) is 20.8 Å². The van der Waals surface area contributed by atoms with Gasteiger partial charge in [-0.2, -0.15) is 0 Å². The molecule has 142 valence electrons. The van der Waals surface area contributed by atoms with Crippen LogP contribution in [0.5, 0.6) is 0 Å². The van der Waals surface area contributed by atoms with Crippen LogP contribution >= 0.6 is 0 Å². The number of ether oxygens (including phenoxy) is 1. The van der Waals surface area contributed by atoms with E-state index in [1.165, 1.54) is 31.4 Å². The first-order chi connectivity index (χ1) is 12.0. The number of hydrazine groups is 1. The Morgan fingerprint density at radius 2 is 1.65 bits per heavy atom. The molecule has 0 aliphatic heterocycles. The van der Waals surface area contributed by atoms with Crippen molar-refractivity contribution in [1.29, 1.82) is 0 Å². The van der Waals surface area contributed by atoms with Gasteiger partial charge in [0.25, 0.3) is 5.91 Å². The quantitative estimate of drug-likeness (QED) is 0.541. The van der Waals surface area contributed by atoms with Crippen molar-refractivity contribution in [2.24, 2.45) is 0 Å². The minimum absolute atomic E-state index is 0.0202. The third kappa shape index (κ3) is 6.42. The molecular weight excluding hydrogens is 342 g/mol. The molecule has 0 spiro atoms. The van der Waals surface area contributed by atoms with Crippen LogP contribution in [0.3, 0.4) is 0 Å². The van der Waals surface area contributed by atoms with E-state index >= 15 is 0 Å². The van der Waals surface area contributed by atoms with Gasteiger partial charge in [0.2, 0.25) is 5.91 Å². The maximum atomic E-state index is 12.5. The van der Waals surface area contributed by atoms with E-state index < -0.39 is 23.5 Å². The molecule has 0 bridgehead atoms. The number of benzene rings is 1. The third-order valence-corrected chi connectivity index (χ3v) is 3.28. The monoisotopic (exact) mass is 365 g/mol. The van der Waals surface area contributed by atoms with Crippen molar-refractivity contribution in [3.8, 4) is 0 Å². The minimum atomic E-state index is -1.34. The molecule has 0 aliphatic carbocycles. The minimum Gasteiger partial charge on any atom is -0.469 e. The molecule has 1 aromatic carbocycles. The number of carboxylic acid groups (broad SMARTS) is 1. The second kappa shape index (κ2) is 8.84. The normalized spacial score (nSPS) is 10.6. The highest BCUT2D eigenvalue weighted by Crippen LogP contribution is 2.17. The summed E-state index contributed by atoms with van der Waals surface area (Å²) < 4.78 is 4.46. The van der Waals surface area contributed by atoms with E-state index in [-0.39, 0.29) is 24.3 Å². The predicted molar refractivity (Wildman–Crippen MR) is 93.4 cm³/mol. The lowest BCUT2D eigenvalue weighted by molar-refractivity contribution is -0.141. The van der Waals surface area contributed by atoms with Gasteiger partial charge in [-0.05, 0) is 45.0 Å². The second-order valence-corrected chi connectivity index (χ2v) is 6.43. The smallest absolute Gasteiger partial charge is 0.423 e. The zero-order valence-corrected chi connectivity index (χ0v) is 15.2.